The molecule has 0 spiro atoms. The number of hydrogen-bond acceptors (Lipinski definition) is 4. The molecule has 4 rings (SSSR count). The number of sulfonamides is 1. The average molecular weight is 483 g/mol. The third-order valence-electron chi connectivity index (χ3n) is 5.94. The summed E-state index contributed by atoms with van der Waals surface area (Å²) in [4.78, 5) is 17.0. The van der Waals surface area contributed by atoms with Crippen LogP contribution in [-0.4, -0.2) is 43.2 Å². The molecule has 1 aliphatic heterocycles. The van der Waals surface area contributed by atoms with E-state index in [2.05, 4.69) is 11.4 Å². The highest BCUT2D eigenvalue weighted by Crippen LogP contribution is 2.38. The first-order valence-electron chi connectivity index (χ1n) is 11.2. The van der Waals surface area contributed by atoms with Gasteiger partial charge in [-0.15, -0.1) is 11.3 Å². The third-order valence-corrected chi connectivity index (χ3v) is 8.76. The van der Waals surface area contributed by atoms with Gasteiger partial charge in [0.05, 0.1) is 17.5 Å². The number of aryl methyl sites for hydroxylation is 1. The Morgan fingerprint density at radius 3 is 2.45 bits per heavy atom. The Labute approximate surface area is 200 Å². The number of carbonyl (C=O) groups excluding carboxylic acids is 1. The van der Waals surface area contributed by atoms with Crippen molar-refractivity contribution >= 4 is 27.3 Å². The number of amides is 1. The predicted octanol–water partition coefficient (Wildman–Crippen LogP) is 4.88. The van der Waals surface area contributed by atoms with Gasteiger partial charge in [-0.25, -0.2) is 8.42 Å². The molecular formula is C26H30N2O3S2. The van der Waals surface area contributed by atoms with Crippen molar-refractivity contribution < 1.29 is 13.2 Å². The standard InChI is InChI=1S/C26H30N2O3S2/c1-19(2)17-27(33(30,31)22-11-9-20(3)10-12-22)18-25(29)28-15-13-24-23(14-16-32-24)26(28)21-7-5-4-6-8-21/h4-12,14,16,19,26H,13,15,17-18H2,1-3H3. The molecule has 1 aromatic heterocycles. The molecule has 0 aliphatic carbocycles. The summed E-state index contributed by atoms with van der Waals surface area (Å²) in [5, 5.41) is 2.07. The summed E-state index contributed by atoms with van der Waals surface area (Å²) in [7, 11) is -3.79. The van der Waals surface area contributed by atoms with Crippen LogP contribution >= 0.6 is 11.3 Å². The van der Waals surface area contributed by atoms with Gasteiger partial charge in [0.1, 0.15) is 0 Å². The number of hydrogen-bond donors (Lipinski definition) is 0. The molecule has 5 nitrogen and oxygen atoms in total. The van der Waals surface area contributed by atoms with Crippen LogP contribution in [0.3, 0.4) is 0 Å². The Morgan fingerprint density at radius 1 is 1.09 bits per heavy atom. The maximum atomic E-state index is 13.7. The first-order chi connectivity index (χ1) is 15.8. The second-order valence-corrected chi connectivity index (χ2v) is 11.9. The number of rotatable bonds is 7. The summed E-state index contributed by atoms with van der Waals surface area (Å²) < 4.78 is 28.3. The van der Waals surface area contributed by atoms with Crippen LogP contribution in [0.5, 0.6) is 0 Å². The van der Waals surface area contributed by atoms with Crippen molar-refractivity contribution in [3.05, 3.63) is 87.6 Å². The summed E-state index contributed by atoms with van der Waals surface area (Å²) in [6, 6.07) is 18.7. The van der Waals surface area contributed by atoms with E-state index in [-0.39, 0.29) is 35.9 Å². The van der Waals surface area contributed by atoms with E-state index in [1.54, 1.807) is 35.6 Å². The minimum Gasteiger partial charge on any atom is -0.330 e. The van der Waals surface area contributed by atoms with Gasteiger partial charge in [-0.1, -0.05) is 61.9 Å². The normalized spacial score (nSPS) is 16.3. The zero-order valence-corrected chi connectivity index (χ0v) is 20.9. The van der Waals surface area contributed by atoms with E-state index in [1.165, 1.54) is 9.18 Å². The fourth-order valence-corrected chi connectivity index (χ4v) is 6.79. The molecule has 0 radical (unpaired) electrons. The van der Waals surface area contributed by atoms with Crippen molar-refractivity contribution in [3.63, 3.8) is 0 Å². The fourth-order valence-electron chi connectivity index (χ4n) is 4.34. The Kier molecular flexibility index (Phi) is 7.02. The van der Waals surface area contributed by atoms with Crippen molar-refractivity contribution in [2.45, 2.75) is 38.1 Å². The molecule has 1 unspecified atom stereocenters. The number of carbonyl (C=O) groups is 1. The molecule has 0 saturated heterocycles. The van der Waals surface area contributed by atoms with E-state index in [0.717, 1.165) is 23.1 Å². The van der Waals surface area contributed by atoms with E-state index in [0.29, 0.717) is 6.54 Å². The van der Waals surface area contributed by atoms with E-state index in [9.17, 15) is 13.2 Å². The van der Waals surface area contributed by atoms with Gasteiger partial charge in [0, 0.05) is 18.0 Å². The molecule has 33 heavy (non-hydrogen) atoms. The molecule has 2 heterocycles. The number of benzene rings is 2. The lowest BCUT2D eigenvalue weighted by Gasteiger charge is -2.37. The van der Waals surface area contributed by atoms with Gasteiger partial charge in [-0.05, 0) is 54.0 Å². The van der Waals surface area contributed by atoms with Gasteiger partial charge in [-0.3, -0.25) is 4.79 Å². The third kappa shape index (κ3) is 5.05. The van der Waals surface area contributed by atoms with Gasteiger partial charge < -0.3 is 4.90 Å². The zero-order valence-electron chi connectivity index (χ0n) is 19.3. The second kappa shape index (κ2) is 9.79. The first kappa shape index (κ1) is 23.7. The molecule has 0 bridgehead atoms. The number of nitrogens with zero attached hydrogens (tertiary/aromatic N) is 2. The molecule has 1 amide bonds. The van der Waals surface area contributed by atoms with Crippen LogP contribution < -0.4 is 0 Å². The van der Waals surface area contributed by atoms with Crippen LogP contribution in [-0.2, 0) is 21.2 Å². The van der Waals surface area contributed by atoms with Crippen LogP contribution in [0, 0.1) is 12.8 Å². The van der Waals surface area contributed by atoms with Crippen molar-refractivity contribution in [1.29, 1.82) is 0 Å². The maximum Gasteiger partial charge on any atom is 0.243 e. The van der Waals surface area contributed by atoms with Gasteiger partial charge in [0.15, 0.2) is 0 Å². The highest BCUT2D eigenvalue weighted by molar-refractivity contribution is 7.89. The fraction of sp³-hybridized carbons (Fsp3) is 0.346. The quantitative estimate of drug-likeness (QED) is 0.482. The van der Waals surface area contributed by atoms with Gasteiger partial charge in [-0.2, -0.15) is 4.31 Å². The van der Waals surface area contributed by atoms with Crippen molar-refractivity contribution in [1.82, 2.24) is 9.21 Å². The number of fused-ring (bicyclic) bond motifs is 1. The molecule has 0 fully saturated rings. The molecule has 3 aromatic rings. The summed E-state index contributed by atoms with van der Waals surface area (Å²) in [5.41, 5.74) is 3.18. The molecule has 0 saturated carbocycles. The zero-order chi connectivity index (χ0) is 23.6. The summed E-state index contributed by atoms with van der Waals surface area (Å²) in [6.07, 6.45) is 0.789. The minimum absolute atomic E-state index is 0.0905. The minimum atomic E-state index is -3.79. The van der Waals surface area contributed by atoms with E-state index in [1.807, 2.05) is 56.0 Å². The Bertz CT molecular complexity index is 1200. The average Bonchev–Trinajstić information content (AvgIpc) is 3.27. The lowest BCUT2D eigenvalue weighted by molar-refractivity contribution is -0.133. The molecule has 0 N–H and O–H groups in total. The van der Waals surface area contributed by atoms with E-state index < -0.39 is 10.0 Å². The SMILES string of the molecule is Cc1ccc(S(=O)(=O)N(CC(=O)N2CCc3sccc3C2c2ccccc2)CC(C)C)cc1. The van der Waals surface area contributed by atoms with Gasteiger partial charge in [0.2, 0.25) is 15.9 Å². The molecule has 174 valence electrons. The summed E-state index contributed by atoms with van der Waals surface area (Å²) in [6.45, 7) is 6.55. The Balaban J connectivity index is 1.65. The van der Waals surface area contributed by atoms with Crippen LogP contribution in [0.15, 0.2) is 70.9 Å². The molecule has 7 heteroatoms. The second-order valence-electron chi connectivity index (χ2n) is 8.95. The van der Waals surface area contributed by atoms with E-state index in [4.69, 9.17) is 0 Å². The van der Waals surface area contributed by atoms with Crippen molar-refractivity contribution in [2.24, 2.45) is 5.92 Å². The van der Waals surface area contributed by atoms with Gasteiger partial charge >= 0.3 is 0 Å². The smallest absolute Gasteiger partial charge is 0.243 e. The first-order valence-corrected chi connectivity index (χ1v) is 13.6. The predicted molar refractivity (Wildman–Crippen MR) is 133 cm³/mol. The lowest BCUT2D eigenvalue weighted by Crippen LogP contribution is -2.47. The molecule has 1 aliphatic rings. The summed E-state index contributed by atoms with van der Waals surface area (Å²) in [5.74, 6) is -0.0789. The number of thiophene rings is 1. The Morgan fingerprint density at radius 2 is 1.79 bits per heavy atom. The monoisotopic (exact) mass is 482 g/mol. The summed E-state index contributed by atoms with van der Waals surface area (Å²) >= 11 is 1.72. The van der Waals surface area contributed by atoms with Crippen LogP contribution in [0.1, 0.15) is 41.5 Å². The largest absolute Gasteiger partial charge is 0.330 e. The highest BCUT2D eigenvalue weighted by Gasteiger charge is 2.35. The van der Waals surface area contributed by atoms with Crippen LogP contribution in [0.4, 0.5) is 0 Å². The maximum absolute atomic E-state index is 13.7. The van der Waals surface area contributed by atoms with Crippen molar-refractivity contribution in [3.8, 4) is 0 Å². The molecule has 1 atom stereocenters. The Hall–Kier alpha value is -2.48. The van der Waals surface area contributed by atoms with E-state index >= 15 is 0 Å². The molecule has 2 aromatic carbocycles. The van der Waals surface area contributed by atoms with Crippen LogP contribution in [0.25, 0.3) is 0 Å². The van der Waals surface area contributed by atoms with Crippen molar-refractivity contribution in [2.75, 3.05) is 19.6 Å². The topological polar surface area (TPSA) is 57.7 Å². The lowest BCUT2D eigenvalue weighted by atomic mass is 9.93. The molecular weight excluding hydrogens is 452 g/mol. The van der Waals surface area contributed by atoms with Gasteiger partial charge in [0.25, 0.3) is 0 Å². The van der Waals surface area contributed by atoms with Crippen LogP contribution in [0.2, 0.25) is 0 Å². The highest BCUT2D eigenvalue weighted by atomic mass is 32.2.